The number of carbonyl (C=O) groups excluding carboxylic acids is 1. The van der Waals surface area contributed by atoms with Gasteiger partial charge in [-0.15, -0.1) is 0 Å². The van der Waals surface area contributed by atoms with Crippen molar-refractivity contribution in [3.8, 4) is 11.5 Å². The summed E-state index contributed by atoms with van der Waals surface area (Å²) in [6.45, 7) is 2.13. The number of hydrogen-bond acceptors (Lipinski definition) is 5. The van der Waals surface area contributed by atoms with Crippen LogP contribution in [0, 0.1) is 10.5 Å². The number of benzene rings is 2. The minimum Gasteiger partial charge on any atom is -0.497 e. The van der Waals surface area contributed by atoms with Gasteiger partial charge < -0.3 is 14.8 Å². The molecule has 0 saturated carbocycles. The van der Waals surface area contributed by atoms with Gasteiger partial charge in [0.25, 0.3) is 5.91 Å². The molecule has 0 aliphatic heterocycles. The molecule has 0 aliphatic rings. The zero-order chi connectivity index (χ0) is 18.2. The highest BCUT2D eigenvalue weighted by atomic mass is 127. The van der Waals surface area contributed by atoms with E-state index in [1.807, 2.05) is 19.1 Å². The van der Waals surface area contributed by atoms with E-state index in [0.29, 0.717) is 11.5 Å². The lowest BCUT2D eigenvalue weighted by molar-refractivity contribution is -0.119. The molecule has 0 aromatic heterocycles. The van der Waals surface area contributed by atoms with Crippen LogP contribution in [-0.4, -0.2) is 32.9 Å². The molecule has 0 heterocycles. The summed E-state index contributed by atoms with van der Waals surface area (Å²) in [5.74, 6) is 1.07. The first kappa shape index (κ1) is 19.0. The fourth-order valence-electron chi connectivity index (χ4n) is 2.14. The molecule has 0 radical (unpaired) electrons. The molecule has 2 N–H and O–H groups in total. The second-order valence-corrected chi connectivity index (χ2v) is 6.46. The molecule has 0 atom stereocenters. The van der Waals surface area contributed by atoms with E-state index in [-0.39, 0.29) is 12.5 Å². The predicted octanol–water partition coefficient (Wildman–Crippen LogP) is 3.18. The minimum atomic E-state index is -0.235. The summed E-state index contributed by atoms with van der Waals surface area (Å²) in [5.41, 5.74) is 5.25. The fourth-order valence-corrected chi connectivity index (χ4v) is 2.79. The Bertz CT molecular complexity index is 778. The maximum absolute atomic E-state index is 11.9. The molecule has 0 fully saturated rings. The van der Waals surface area contributed by atoms with Crippen LogP contribution in [0.15, 0.2) is 41.5 Å². The summed E-state index contributed by atoms with van der Waals surface area (Å²) in [6, 6.07) is 11.4. The highest BCUT2D eigenvalue weighted by Gasteiger charge is 2.04. The van der Waals surface area contributed by atoms with Crippen LogP contribution < -0.4 is 20.2 Å². The van der Waals surface area contributed by atoms with E-state index >= 15 is 0 Å². The van der Waals surface area contributed by atoms with Crippen LogP contribution in [0.25, 0.3) is 0 Å². The topological polar surface area (TPSA) is 72.0 Å². The van der Waals surface area contributed by atoms with Gasteiger partial charge in [-0.25, -0.2) is 5.43 Å². The van der Waals surface area contributed by atoms with Crippen molar-refractivity contribution in [2.45, 2.75) is 6.92 Å². The lowest BCUT2D eigenvalue weighted by atomic mass is 10.2. The van der Waals surface area contributed by atoms with E-state index < -0.39 is 0 Å². The Balaban J connectivity index is 1.90. The third-order valence-corrected chi connectivity index (χ3v) is 4.13. The number of amides is 1. The number of nitrogens with zero attached hydrogens (tertiary/aromatic N) is 1. The molecule has 0 bridgehead atoms. The Kier molecular flexibility index (Phi) is 7.05. The predicted molar refractivity (Wildman–Crippen MR) is 108 cm³/mol. The molecule has 6 nitrogen and oxygen atoms in total. The molecule has 2 rings (SSSR count). The first-order valence-corrected chi connectivity index (χ1v) is 8.65. The van der Waals surface area contributed by atoms with Crippen molar-refractivity contribution in [3.63, 3.8) is 0 Å². The molecule has 132 valence electrons. The lowest BCUT2D eigenvalue weighted by Crippen LogP contribution is -2.26. The Morgan fingerprint density at radius 1 is 1.20 bits per heavy atom. The van der Waals surface area contributed by atoms with Gasteiger partial charge in [0.1, 0.15) is 11.5 Å². The standard InChI is InChI=1S/C18H20IN3O3/c1-12-8-14(19)5-7-16(12)20-11-18(23)22-21-10-13-4-6-15(24-2)9-17(13)25-3/h4-10,20H,11H2,1-3H3,(H,22,23)/b21-10-. The largest absolute Gasteiger partial charge is 0.497 e. The molecule has 0 saturated heterocycles. The third-order valence-electron chi connectivity index (χ3n) is 3.46. The van der Waals surface area contributed by atoms with E-state index in [9.17, 15) is 4.79 Å². The molecule has 0 aliphatic carbocycles. The number of carbonyl (C=O) groups is 1. The number of hydrogen-bond donors (Lipinski definition) is 2. The van der Waals surface area contributed by atoms with Crippen LogP contribution in [0.3, 0.4) is 0 Å². The zero-order valence-electron chi connectivity index (χ0n) is 14.3. The van der Waals surface area contributed by atoms with Gasteiger partial charge in [0, 0.05) is 20.9 Å². The molecule has 25 heavy (non-hydrogen) atoms. The quantitative estimate of drug-likeness (QED) is 0.384. The number of ether oxygens (including phenoxy) is 2. The minimum absolute atomic E-state index is 0.137. The molecule has 1 amide bonds. The van der Waals surface area contributed by atoms with Crippen LogP contribution in [0.2, 0.25) is 0 Å². The van der Waals surface area contributed by atoms with Crippen molar-refractivity contribution in [3.05, 3.63) is 51.1 Å². The zero-order valence-corrected chi connectivity index (χ0v) is 16.5. The number of rotatable bonds is 7. The second-order valence-electron chi connectivity index (χ2n) is 5.21. The SMILES string of the molecule is COc1ccc(/C=N\NC(=O)CNc2ccc(I)cc2C)c(OC)c1. The summed E-state index contributed by atoms with van der Waals surface area (Å²) >= 11 is 2.25. The number of anilines is 1. The smallest absolute Gasteiger partial charge is 0.259 e. The van der Waals surface area contributed by atoms with Crippen molar-refractivity contribution in [1.82, 2.24) is 5.43 Å². The molecule has 0 spiro atoms. The first-order valence-electron chi connectivity index (χ1n) is 7.57. The van der Waals surface area contributed by atoms with Gasteiger partial charge in [-0.3, -0.25) is 4.79 Å². The maximum Gasteiger partial charge on any atom is 0.259 e. The molecule has 2 aromatic carbocycles. The van der Waals surface area contributed by atoms with Crippen LogP contribution in [0.4, 0.5) is 5.69 Å². The first-order chi connectivity index (χ1) is 12.0. The van der Waals surface area contributed by atoms with Crippen LogP contribution in [0.1, 0.15) is 11.1 Å². The summed E-state index contributed by atoms with van der Waals surface area (Å²) in [5, 5.41) is 7.06. The van der Waals surface area contributed by atoms with Gasteiger partial charge in [0.05, 0.1) is 27.0 Å². The van der Waals surface area contributed by atoms with Crippen molar-refractivity contribution in [1.29, 1.82) is 0 Å². The maximum atomic E-state index is 11.9. The van der Waals surface area contributed by atoms with E-state index in [1.165, 1.54) is 6.21 Å². The number of hydrazone groups is 1. The molecular formula is C18H20IN3O3. The molecular weight excluding hydrogens is 433 g/mol. The summed E-state index contributed by atoms with van der Waals surface area (Å²) in [4.78, 5) is 11.9. The number of nitrogens with one attached hydrogen (secondary N) is 2. The summed E-state index contributed by atoms with van der Waals surface area (Å²) < 4.78 is 11.6. The van der Waals surface area contributed by atoms with E-state index in [2.05, 4.69) is 44.5 Å². The Morgan fingerprint density at radius 2 is 2.00 bits per heavy atom. The summed E-state index contributed by atoms with van der Waals surface area (Å²) in [7, 11) is 3.16. The van der Waals surface area contributed by atoms with Crippen molar-refractivity contribution in [2.75, 3.05) is 26.1 Å². The normalized spacial score (nSPS) is 10.6. The van der Waals surface area contributed by atoms with Gasteiger partial charge in [0.2, 0.25) is 0 Å². The Morgan fingerprint density at radius 3 is 2.68 bits per heavy atom. The van der Waals surface area contributed by atoms with Crippen molar-refractivity contribution in [2.24, 2.45) is 5.10 Å². The van der Waals surface area contributed by atoms with Gasteiger partial charge >= 0.3 is 0 Å². The summed E-state index contributed by atoms with van der Waals surface area (Å²) in [6.07, 6.45) is 1.53. The number of halogens is 1. The van der Waals surface area contributed by atoms with Gasteiger partial charge in [-0.2, -0.15) is 5.10 Å². The molecule has 7 heteroatoms. The Hall–Kier alpha value is -2.29. The van der Waals surface area contributed by atoms with Crippen LogP contribution in [-0.2, 0) is 4.79 Å². The third kappa shape index (κ3) is 5.63. The monoisotopic (exact) mass is 453 g/mol. The van der Waals surface area contributed by atoms with Gasteiger partial charge in [-0.05, 0) is 65.4 Å². The Labute approximate surface area is 160 Å². The van der Waals surface area contributed by atoms with Crippen molar-refractivity contribution < 1.29 is 14.3 Å². The van der Waals surface area contributed by atoms with E-state index in [1.54, 1.807) is 32.4 Å². The van der Waals surface area contributed by atoms with Gasteiger partial charge in [0.15, 0.2) is 0 Å². The average Bonchev–Trinajstić information content (AvgIpc) is 2.61. The van der Waals surface area contributed by atoms with E-state index in [4.69, 9.17) is 9.47 Å². The average molecular weight is 453 g/mol. The van der Waals surface area contributed by atoms with E-state index in [0.717, 1.165) is 20.4 Å². The van der Waals surface area contributed by atoms with Gasteiger partial charge in [-0.1, -0.05) is 0 Å². The van der Waals surface area contributed by atoms with Crippen molar-refractivity contribution >= 4 is 40.4 Å². The van der Waals surface area contributed by atoms with Crippen LogP contribution in [0.5, 0.6) is 11.5 Å². The highest BCUT2D eigenvalue weighted by Crippen LogP contribution is 2.23. The fraction of sp³-hybridized carbons (Fsp3) is 0.222. The number of methoxy groups -OCH3 is 2. The van der Waals surface area contributed by atoms with Crippen LogP contribution >= 0.6 is 22.6 Å². The second kappa shape index (κ2) is 9.26. The molecule has 2 aromatic rings. The lowest BCUT2D eigenvalue weighted by Gasteiger charge is -2.09. The number of aryl methyl sites for hydroxylation is 1. The molecule has 0 unspecified atom stereocenters. The highest BCUT2D eigenvalue weighted by molar-refractivity contribution is 14.1.